The average Bonchev–Trinajstić information content (AvgIpc) is 2.53. The van der Waals surface area contributed by atoms with E-state index >= 15 is 0 Å². The standard InChI is InChI=1S/C8H8O2S5/c1-4(9)10-2-5-3-12-6-7(13-5)15-8(11)14-6/h5H,2-3H2,1H3. The van der Waals surface area contributed by atoms with E-state index in [0.29, 0.717) is 11.9 Å². The molecule has 2 heterocycles. The van der Waals surface area contributed by atoms with E-state index < -0.39 is 0 Å². The van der Waals surface area contributed by atoms with Crippen LogP contribution in [0.15, 0.2) is 8.42 Å². The van der Waals surface area contributed by atoms with Crippen LogP contribution in [0.5, 0.6) is 0 Å². The maximum absolute atomic E-state index is 10.7. The number of fused-ring (bicyclic) bond motifs is 1. The van der Waals surface area contributed by atoms with Crippen LogP contribution in [-0.2, 0) is 9.53 Å². The zero-order chi connectivity index (χ0) is 10.8. The van der Waals surface area contributed by atoms with Crippen LogP contribution in [0.1, 0.15) is 6.92 Å². The van der Waals surface area contributed by atoms with Crippen LogP contribution in [0.25, 0.3) is 0 Å². The van der Waals surface area contributed by atoms with Crippen LogP contribution in [-0.4, -0.2) is 23.6 Å². The van der Waals surface area contributed by atoms with E-state index in [0.717, 1.165) is 8.89 Å². The first-order valence-electron chi connectivity index (χ1n) is 4.22. The second kappa shape index (κ2) is 5.18. The van der Waals surface area contributed by atoms with E-state index in [4.69, 9.17) is 17.0 Å². The third-order valence-electron chi connectivity index (χ3n) is 1.67. The van der Waals surface area contributed by atoms with Gasteiger partial charge in [-0.05, 0) is 0 Å². The summed E-state index contributed by atoms with van der Waals surface area (Å²) in [6, 6.07) is 0. The molecule has 0 N–H and O–H groups in total. The molecule has 0 aromatic carbocycles. The van der Waals surface area contributed by atoms with Gasteiger partial charge < -0.3 is 4.74 Å². The number of carbonyl (C=O) groups excluding carboxylic acids is 1. The summed E-state index contributed by atoms with van der Waals surface area (Å²) in [5, 5.41) is 0.367. The molecule has 1 unspecified atom stereocenters. The van der Waals surface area contributed by atoms with Crippen LogP contribution >= 0.6 is 58.4 Å². The van der Waals surface area contributed by atoms with Crippen molar-refractivity contribution >= 4 is 64.4 Å². The Bertz CT molecular complexity index is 421. The molecule has 82 valence electrons. The summed E-state index contributed by atoms with van der Waals surface area (Å²) in [5.74, 6) is 0.789. The maximum atomic E-state index is 10.7. The SMILES string of the molecule is CC(=O)OCC1CSc2sc(=S)sc2S1. The molecule has 0 radical (unpaired) electrons. The zero-order valence-electron chi connectivity index (χ0n) is 7.85. The smallest absolute Gasteiger partial charge is 0.302 e. The number of esters is 1. The van der Waals surface area contributed by atoms with Gasteiger partial charge in [0.2, 0.25) is 0 Å². The van der Waals surface area contributed by atoms with E-state index in [1.165, 1.54) is 15.3 Å². The van der Waals surface area contributed by atoms with Gasteiger partial charge in [0.15, 0.2) is 0 Å². The minimum atomic E-state index is -0.204. The van der Waals surface area contributed by atoms with Crippen molar-refractivity contribution < 1.29 is 9.53 Å². The van der Waals surface area contributed by atoms with Gasteiger partial charge in [0, 0.05) is 12.7 Å². The van der Waals surface area contributed by atoms with Crippen molar-refractivity contribution in [3.63, 3.8) is 0 Å². The van der Waals surface area contributed by atoms with Gasteiger partial charge in [-0.2, -0.15) is 0 Å². The van der Waals surface area contributed by atoms with Crippen molar-refractivity contribution in [2.24, 2.45) is 0 Å². The second-order valence-electron chi connectivity index (χ2n) is 2.88. The molecule has 0 aliphatic carbocycles. The van der Waals surface area contributed by atoms with Gasteiger partial charge in [0.05, 0.1) is 13.7 Å². The predicted molar refractivity (Wildman–Crippen MR) is 70.0 cm³/mol. The van der Waals surface area contributed by atoms with E-state index in [1.807, 2.05) is 11.8 Å². The molecule has 1 atom stereocenters. The van der Waals surface area contributed by atoms with Crippen LogP contribution in [0.3, 0.4) is 0 Å². The Morgan fingerprint density at radius 2 is 2.27 bits per heavy atom. The summed E-state index contributed by atoms with van der Waals surface area (Å²) >= 11 is 12.1. The number of thioether (sulfide) groups is 2. The van der Waals surface area contributed by atoms with Crippen molar-refractivity contribution in [2.45, 2.75) is 20.6 Å². The fourth-order valence-electron chi connectivity index (χ4n) is 1.06. The summed E-state index contributed by atoms with van der Waals surface area (Å²) in [6.07, 6.45) is 0. The molecular formula is C8H8O2S5. The number of rotatable bonds is 2. The average molecular weight is 296 g/mol. The summed E-state index contributed by atoms with van der Waals surface area (Å²) in [7, 11) is 0. The summed E-state index contributed by atoms with van der Waals surface area (Å²) in [4.78, 5) is 10.7. The molecule has 0 fully saturated rings. The third kappa shape index (κ3) is 3.20. The van der Waals surface area contributed by atoms with Crippen LogP contribution in [0.4, 0.5) is 0 Å². The van der Waals surface area contributed by atoms with Crippen molar-refractivity contribution in [1.82, 2.24) is 0 Å². The van der Waals surface area contributed by atoms with Crippen LogP contribution in [0, 0.1) is 3.14 Å². The van der Waals surface area contributed by atoms with Gasteiger partial charge in [0.1, 0.15) is 9.74 Å². The van der Waals surface area contributed by atoms with E-state index in [9.17, 15) is 4.79 Å². The Morgan fingerprint density at radius 1 is 1.53 bits per heavy atom. The Kier molecular flexibility index (Phi) is 4.11. The lowest BCUT2D eigenvalue weighted by atomic mass is 10.5. The molecule has 0 spiro atoms. The highest BCUT2D eigenvalue weighted by Crippen LogP contribution is 2.47. The second-order valence-corrected chi connectivity index (χ2v) is 8.96. The van der Waals surface area contributed by atoms with Gasteiger partial charge in [0.25, 0.3) is 0 Å². The lowest BCUT2D eigenvalue weighted by Crippen LogP contribution is -2.18. The normalized spacial score (nSPS) is 19.7. The molecule has 0 saturated heterocycles. The Morgan fingerprint density at radius 3 is 3.00 bits per heavy atom. The van der Waals surface area contributed by atoms with Crippen molar-refractivity contribution in [2.75, 3.05) is 12.4 Å². The van der Waals surface area contributed by atoms with Gasteiger partial charge >= 0.3 is 5.97 Å². The zero-order valence-corrected chi connectivity index (χ0v) is 11.9. The molecule has 1 aliphatic rings. The van der Waals surface area contributed by atoms with Crippen molar-refractivity contribution in [3.05, 3.63) is 3.14 Å². The quantitative estimate of drug-likeness (QED) is 0.613. The molecule has 0 saturated carbocycles. The number of hydrogen-bond donors (Lipinski definition) is 0. The third-order valence-corrected chi connectivity index (χ3v) is 7.74. The molecule has 15 heavy (non-hydrogen) atoms. The highest BCUT2D eigenvalue weighted by atomic mass is 32.2. The lowest BCUT2D eigenvalue weighted by Gasteiger charge is -2.19. The number of ether oxygens (including phenoxy) is 1. The molecule has 0 bridgehead atoms. The Labute approximate surface area is 109 Å². The van der Waals surface area contributed by atoms with E-state index in [2.05, 4.69) is 0 Å². The Hall–Kier alpha value is 0.440. The first-order chi connectivity index (χ1) is 7.15. The molecule has 7 heteroatoms. The van der Waals surface area contributed by atoms with Crippen LogP contribution < -0.4 is 0 Å². The highest BCUT2D eigenvalue weighted by molar-refractivity contribution is 8.08. The molecule has 2 nitrogen and oxygen atoms in total. The van der Waals surface area contributed by atoms with Gasteiger partial charge in [-0.1, -0.05) is 12.2 Å². The fraction of sp³-hybridized carbons (Fsp3) is 0.500. The van der Waals surface area contributed by atoms with Crippen molar-refractivity contribution in [3.8, 4) is 0 Å². The molecule has 1 aromatic heterocycles. The minimum absolute atomic E-state index is 0.204. The topological polar surface area (TPSA) is 26.3 Å². The van der Waals surface area contributed by atoms with Gasteiger partial charge in [-0.3, -0.25) is 4.79 Å². The van der Waals surface area contributed by atoms with Gasteiger partial charge in [-0.15, -0.1) is 46.2 Å². The lowest BCUT2D eigenvalue weighted by molar-refractivity contribution is -0.140. The minimum Gasteiger partial charge on any atom is -0.465 e. The summed E-state index contributed by atoms with van der Waals surface area (Å²) < 4.78 is 8.61. The van der Waals surface area contributed by atoms with Gasteiger partial charge in [-0.25, -0.2) is 0 Å². The molecule has 0 amide bonds. The molecular weight excluding hydrogens is 288 g/mol. The maximum Gasteiger partial charge on any atom is 0.302 e. The highest BCUT2D eigenvalue weighted by Gasteiger charge is 2.23. The first-order valence-corrected chi connectivity index (χ1v) is 8.12. The van der Waals surface area contributed by atoms with E-state index in [1.54, 1.807) is 34.4 Å². The molecule has 1 aromatic rings. The first kappa shape index (κ1) is 11.9. The summed E-state index contributed by atoms with van der Waals surface area (Å²) in [5.41, 5.74) is 0. The number of hydrogen-bond acceptors (Lipinski definition) is 7. The number of carbonyl (C=O) groups is 1. The monoisotopic (exact) mass is 296 g/mol. The molecule has 1 aliphatic heterocycles. The Balaban J connectivity index is 1.99. The molecule has 2 rings (SSSR count). The van der Waals surface area contributed by atoms with E-state index in [-0.39, 0.29) is 5.97 Å². The van der Waals surface area contributed by atoms with Crippen LogP contribution in [0.2, 0.25) is 0 Å². The largest absolute Gasteiger partial charge is 0.465 e. The fourth-order valence-corrected chi connectivity index (χ4v) is 7.58. The summed E-state index contributed by atoms with van der Waals surface area (Å²) in [6.45, 7) is 1.95. The van der Waals surface area contributed by atoms with Crippen molar-refractivity contribution in [1.29, 1.82) is 0 Å². The predicted octanol–water partition coefficient (Wildman–Crippen LogP) is 3.67.